The SMILES string of the molecule is Cc1cc(NSc2ccc(OC3CCCC3)cc2F)no1. The van der Waals surface area contributed by atoms with Gasteiger partial charge in [-0.25, -0.2) is 4.39 Å². The van der Waals surface area contributed by atoms with Gasteiger partial charge < -0.3 is 14.0 Å². The average molecular weight is 308 g/mol. The number of anilines is 1. The molecule has 3 rings (SSSR count). The summed E-state index contributed by atoms with van der Waals surface area (Å²) in [6.45, 7) is 1.80. The van der Waals surface area contributed by atoms with Crippen LogP contribution in [-0.4, -0.2) is 11.3 Å². The second kappa shape index (κ2) is 6.39. The van der Waals surface area contributed by atoms with Crippen molar-refractivity contribution in [2.24, 2.45) is 0 Å². The van der Waals surface area contributed by atoms with E-state index in [4.69, 9.17) is 9.26 Å². The van der Waals surface area contributed by atoms with Gasteiger partial charge in [-0.05, 0) is 56.7 Å². The number of hydrogen-bond donors (Lipinski definition) is 1. The van der Waals surface area contributed by atoms with Crippen molar-refractivity contribution >= 4 is 17.8 Å². The molecule has 0 unspecified atom stereocenters. The summed E-state index contributed by atoms with van der Waals surface area (Å²) in [6, 6.07) is 6.71. The highest BCUT2D eigenvalue weighted by atomic mass is 32.2. The van der Waals surface area contributed by atoms with Crippen LogP contribution in [0.15, 0.2) is 33.7 Å². The highest BCUT2D eigenvalue weighted by molar-refractivity contribution is 8.00. The van der Waals surface area contributed by atoms with Crippen LogP contribution in [-0.2, 0) is 0 Å². The maximum atomic E-state index is 14.0. The molecular formula is C15H17FN2O2S. The number of benzene rings is 1. The van der Waals surface area contributed by atoms with Gasteiger partial charge in [0.25, 0.3) is 0 Å². The monoisotopic (exact) mass is 308 g/mol. The third-order valence-electron chi connectivity index (χ3n) is 3.40. The fraction of sp³-hybridized carbons (Fsp3) is 0.400. The molecule has 1 heterocycles. The molecule has 112 valence electrons. The van der Waals surface area contributed by atoms with Crippen molar-refractivity contribution in [3.05, 3.63) is 35.8 Å². The average Bonchev–Trinajstić information content (AvgIpc) is 3.10. The number of rotatable bonds is 5. The van der Waals surface area contributed by atoms with Crippen molar-refractivity contribution in [2.75, 3.05) is 4.72 Å². The van der Waals surface area contributed by atoms with Crippen LogP contribution >= 0.6 is 11.9 Å². The summed E-state index contributed by atoms with van der Waals surface area (Å²) >= 11 is 1.16. The number of aromatic nitrogens is 1. The minimum Gasteiger partial charge on any atom is -0.490 e. The molecule has 6 heteroatoms. The second-order valence-electron chi connectivity index (χ2n) is 5.14. The molecule has 1 aliphatic carbocycles. The van der Waals surface area contributed by atoms with Gasteiger partial charge in [-0.2, -0.15) is 0 Å². The van der Waals surface area contributed by atoms with Gasteiger partial charge in [-0.15, -0.1) is 0 Å². The fourth-order valence-corrected chi connectivity index (χ4v) is 2.96. The summed E-state index contributed by atoms with van der Waals surface area (Å²) in [7, 11) is 0. The first-order chi connectivity index (χ1) is 10.2. The van der Waals surface area contributed by atoms with E-state index in [-0.39, 0.29) is 11.9 Å². The van der Waals surface area contributed by atoms with Crippen LogP contribution in [0, 0.1) is 12.7 Å². The molecule has 2 aromatic rings. The molecule has 1 aliphatic rings. The van der Waals surface area contributed by atoms with Gasteiger partial charge in [0.2, 0.25) is 0 Å². The minimum absolute atomic E-state index is 0.235. The largest absolute Gasteiger partial charge is 0.490 e. The van der Waals surface area contributed by atoms with Crippen molar-refractivity contribution in [2.45, 2.75) is 43.6 Å². The predicted molar refractivity (Wildman–Crippen MR) is 80.0 cm³/mol. The first-order valence-electron chi connectivity index (χ1n) is 7.03. The van der Waals surface area contributed by atoms with Gasteiger partial charge in [0.15, 0.2) is 5.82 Å². The van der Waals surface area contributed by atoms with Crippen molar-refractivity contribution in [1.82, 2.24) is 5.16 Å². The molecule has 0 saturated heterocycles. The Balaban J connectivity index is 1.60. The van der Waals surface area contributed by atoms with Crippen LogP contribution in [0.25, 0.3) is 0 Å². The smallest absolute Gasteiger partial charge is 0.179 e. The van der Waals surface area contributed by atoms with Gasteiger partial charge in [-0.3, -0.25) is 0 Å². The van der Waals surface area contributed by atoms with Crippen molar-refractivity contribution in [1.29, 1.82) is 0 Å². The molecule has 1 fully saturated rings. The van der Waals surface area contributed by atoms with Gasteiger partial charge in [0.05, 0.1) is 11.0 Å². The van der Waals surface area contributed by atoms with Crippen LogP contribution < -0.4 is 9.46 Å². The summed E-state index contributed by atoms with van der Waals surface area (Å²) in [5.74, 6) is 1.58. The van der Waals surface area contributed by atoms with Crippen LogP contribution in [0.1, 0.15) is 31.4 Å². The van der Waals surface area contributed by atoms with E-state index >= 15 is 0 Å². The van der Waals surface area contributed by atoms with Crippen molar-refractivity contribution in [3.8, 4) is 5.75 Å². The molecule has 0 amide bonds. The van der Waals surface area contributed by atoms with E-state index in [1.54, 1.807) is 25.1 Å². The van der Waals surface area contributed by atoms with Crippen LogP contribution in [0.3, 0.4) is 0 Å². The van der Waals surface area contributed by atoms with E-state index in [1.807, 2.05) is 0 Å². The van der Waals surface area contributed by atoms with Crippen LogP contribution in [0.5, 0.6) is 5.75 Å². The van der Waals surface area contributed by atoms with Gasteiger partial charge >= 0.3 is 0 Å². The van der Waals surface area contributed by atoms with E-state index in [1.165, 1.54) is 18.9 Å². The van der Waals surface area contributed by atoms with Crippen molar-refractivity contribution < 1.29 is 13.7 Å². The molecule has 1 aromatic heterocycles. The maximum absolute atomic E-state index is 14.0. The summed E-state index contributed by atoms with van der Waals surface area (Å²) in [5.41, 5.74) is 0. The molecular weight excluding hydrogens is 291 g/mol. The van der Waals surface area contributed by atoms with E-state index in [9.17, 15) is 4.39 Å². The third-order valence-corrected chi connectivity index (χ3v) is 4.26. The van der Waals surface area contributed by atoms with Gasteiger partial charge in [-0.1, -0.05) is 5.16 Å². The summed E-state index contributed by atoms with van der Waals surface area (Å²) in [4.78, 5) is 0.495. The van der Waals surface area contributed by atoms with E-state index in [0.717, 1.165) is 24.8 Å². The molecule has 21 heavy (non-hydrogen) atoms. The van der Waals surface area contributed by atoms with Crippen LogP contribution in [0.2, 0.25) is 0 Å². The fourth-order valence-electron chi connectivity index (χ4n) is 2.36. The maximum Gasteiger partial charge on any atom is 0.179 e. The first-order valence-corrected chi connectivity index (χ1v) is 7.85. The Hall–Kier alpha value is -1.69. The van der Waals surface area contributed by atoms with Crippen molar-refractivity contribution in [3.63, 3.8) is 0 Å². The minimum atomic E-state index is -0.303. The lowest BCUT2D eigenvalue weighted by Crippen LogP contribution is -2.10. The zero-order valence-electron chi connectivity index (χ0n) is 11.8. The standard InChI is InChI=1S/C15H17FN2O2S/c1-10-8-15(17-20-10)18-21-14-7-6-12(9-13(14)16)19-11-4-2-3-5-11/h6-9,11H,2-5H2,1H3,(H,17,18). The predicted octanol–water partition coefficient (Wildman–Crippen LogP) is 4.56. The molecule has 4 nitrogen and oxygen atoms in total. The Kier molecular flexibility index (Phi) is 4.34. The third kappa shape index (κ3) is 3.69. The number of hydrogen-bond acceptors (Lipinski definition) is 5. The summed E-state index contributed by atoms with van der Waals surface area (Å²) in [6.07, 6.45) is 4.75. The second-order valence-corrected chi connectivity index (χ2v) is 5.99. The number of nitrogens with one attached hydrogen (secondary N) is 1. The number of halogens is 1. The highest BCUT2D eigenvalue weighted by Gasteiger charge is 2.17. The lowest BCUT2D eigenvalue weighted by Gasteiger charge is -2.13. The lowest BCUT2D eigenvalue weighted by atomic mass is 10.3. The molecule has 0 atom stereocenters. The van der Waals surface area contributed by atoms with Crippen LogP contribution in [0.4, 0.5) is 10.2 Å². The lowest BCUT2D eigenvalue weighted by molar-refractivity contribution is 0.209. The number of nitrogens with zero attached hydrogens (tertiary/aromatic N) is 1. The Morgan fingerprint density at radius 2 is 2.14 bits per heavy atom. The summed E-state index contributed by atoms with van der Waals surface area (Å²) in [5, 5.41) is 3.79. The van der Waals surface area contributed by atoms with E-state index in [2.05, 4.69) is 9.88 Å². The molecule has 0 radical (unpaired) electrons. The quantitative estimate of drug-likeness (QED) is 0.820. The Morgan fingerprint density at radius 3 is 2.81 bits per heavy atom. The number of aryl methyl sites for hydroxylation is 1. The molecule has 1 N–H and O–H groups in total. The molecule has 1 saturated carbocycles. The topological polar surface area (TPSA) is 47.3 Å². The molecule has 0 bridgehead atoms. The normalized spacial score (nSPS) is 15.3. The molecule has 1 aromatic carbocycles. The van der Waals surface area contributed by atoms with Gasteiger partial charge in [0.1, 0.15) is 17.3 Å². The first kappa shape index (κ1) is 14.3. The zero-order valence-corrected chi connectivity index (χ0v) is 12.6. The molecule has 0 spiro atoms. The molecule has 0 aliphatic heterocycles. The van der Waals surface area contributed by atoms with Gasteiger partial charge in [0, 0.05) is 12.1 Å². The van der Waals surface area contributed by atoms with E-state index in [0.29, 0.717) is 22.2 Å². The Labute approximate surface area is 127 Å². The Bertz CT molecular complexity index is 611. The zero-order chi connectivity index (χ0) is 14.7. The number of ether oxygens (including phenoxy) is 1. The highest BCUT2D eigenvalue weighted by Crippen LogP contribution is 2.29. The summed E-state index contributed by atoms with van der Waals surface area (Å²) < 4.78 is 27.7. The Morgan fingerprint density at radius 1 is 1.33 bits per heavy atom. The van der Waals surface area contributed by atoms with E-state index < -0.39 is 0 Å².